The highest BCUT2D eigenvalue weighted by atomic mass is 35.5. The molecule has 0 bridgehead atoms. The standard InChI is InChI=1S/C10H11ClO2/c1-7(12)2-3-8-4-5-9(11)10(13)6-8/h4-6,13H,2-3H2,1H3. The smallest absolute Gasteiger partial charge is 0.134 e. The van der Waals surface area contributed by atoms with Crippen LogP contribution in [-0.2, 0) is 11.2 Å². The monoisotopic (exact) mass is 198 g/mol. The summed E-state index contributed by atoms with van der Waals surface area (Å²) in [7, 11) is 0. The third-order valence-electron chi connectivity index (χ3n) is 1.78. The normalized spacial score (nSPS) is 10.0. The first kappa shape index (κ1) is 10.1. The number of Topliss-reactive ketones (excluding diaryl/α,β-unsaturated/α-hetero) is 1. The zero-order valence-electron chi connectivity index (χ0n) is 7.38. The fraction of sp³-hybridized carbons (Fsp3) is 0.300. The zero-order valence-corrected chi connectivity index (χ0v) is 8.14. The van der Waals surface area contributed by atoms with Crippen LogP contribution in [-0.4, -0.2) is 10.9 Å². The number of carbonyl (C=O) groups is 1. The van der Waals surface area contributed by atoms with Gasteiger partial charge in [0.1, 0.15) is 11.5 Å². The summed E-state index contributed by atoms with van der Waals surface area (Å²) in [5.74, 6) is 0.220. The molecule has 2 nitrogen and oxygen atoms in total. The molecule has 0 saturated carbocycles. The van der Waals surface area contributed by atoms with Crippen molar-refractivity contribution in [2.75, 3.05) is 0 Å². The molecule has 0 aliphatic rings. The van der Waals surface area contributed by atoms with Crippen molar-refractivity contribution in [2.45, 2.75) is 19.8 Å². The van der Waals surface area contributed by atoms with Gasteiger partial charge < -0.3 is 9.90 Å². The van der Waals surface area contributed by atoms with Gasteiger partial charge in [-0.2, -0.15) is 0 Å². The third kappa shape index (κ3) is 3.07. The van der Waals surface area contributed by atoms with Crippen LogP contribution in [0.3, 0.4) is 0 Å². The van der Waals surface area contributed by atoms with Crippen LogP contribution in [0, 0.1) is 0 Å². The number of rotatable bonds is 3. The summed E-state index contributed by atoms with van der Waals surface area (Å²) in [4.78, 5) is 10.7. The van der Waals surface area contributed by atoms with Gasteiger partial charge in [-0.3, -0.25) is 0 Å². The van der Waals surface area contributed by atoms with Gasteiger partial charge in [-0.15, -0.1) is 0 Å². The summed E-state index contributed by atoms with van der Waals surface area (Å²) in [6.07, 6.45) is 1.15. The highest BCUT2D eigenvalue weighted by Crippen LogP contribution is 2.24. The van der Waals surface area contributed by atoms with Crippen LogP contribution in [0.2, 0.25) is 5.02 Å². The molecule has 0 radical (unpaired) electrons. The summed E-state index contributed by atoms with van der Waals surface area (Å²) < 4.78 is 0. The average Bonchev–Trinajstić information content (AvgIpc) is 2.07. The summed E-state index contributed by atoms with van der Waals surface area (Å²) in [5.41, 5.74) is 0.928. The molecular formula is C10H11ClO2. The molecule has 0 atom stereocenters. The van der Waals surface area contributed by atoms with Crippen LogP contribution in [0.4, 0.5) is 0 Å². The Hall–Kier alpha value is -1.02. The molecule has 0 unspecified atom stereocenters. The van der Waals surface area contributed by atoms with Crippen LogP contribution in [0.25, 0.3) is 0 Å². The first-order chi connectivity index (χ1) is 6.09. The summed E-state index contributed by atoms with van der Waals surface area (Å²) in [5, 5.41) is 9.59. The summed E-state index contributed by atoms with van der Waals surface area (Å²) in [6, 6.07) is 5.03. The second kappa shape index (κ2) is 4.28. The van der Waals surface area contributed by atoms with Crippen molar-refractivity contribution >= 4 is 17.4 Å². The predicted octanol–water partition coefficient (Wildman–Crippen LogP) is 2.57. The van der Waals surface area contributed by atoms with E-state index in [4.69, 9.17) is 11.6 Å². The Bertz CT molecular complexity index is 321. The van der Waals surface area contributed by atoms with Crippen LogP contribution in [0.15, 0.2) is 18.2 Å². The van der Waals surface area contributed by atoms with Crippen LogP contribution in [0.5, 0.6) is 5.75 Å². The third-order valence-corrected chi connectivity index (χ3v) is 2.10. The van der Waals surface area contributed by atoms with Crippen molar-refractivity contribution in [3.05, 3.63) is 28.8 Å². The van der Waals surface area contributed by atoms with E-state index in [0.717, 1.165) is 5.56 Å². The maximum Gasteiger partial charge on any atom is 0.134 e. The number of carbonyl (C=O) groups excluding carboxylic acids is 1. The number of phenols is 1. The topological polar surface area (TPSA) is 37.3 Å². The van der Waals surface area contributed by atoms with Gasteiger partial charge in [-0.05, 0) is 31.0 Å². The van der Waals surface area contributed by atoms with Crippen LogP contribution < -0.4 is 0 Å². The van der Waals surface area contributed by atoms with E-state index in [0.29, 0.717) is 17.9 Å². The Balaban J connectivity index is 2.68. The lowest BCUT2D eigenvalue weighted by molar-refractivity contribution is -0.116. The number of ketones is 1. The quantitative estimate of drug-likeness (QED) is 0.811. The Kier molecular flexibility index (Phi) is 3.32. The second-order valence-electron chi connectivity index (χ2n) is 2.99. The van der Waals surface area contributed by atoms with E-state index in [1.165, 1.54) is 0 Å². The van der Waals surface area contributed by atoms with Gasteiger partial charge in [0.05, 0.1) is 5.02 Å². The number of hydrogen-bond acceptors (Lipinski definition) is 2. The van der Waals surface area contributed by atoms with Gasteiger partial charge in [0, 0.05) is 6.42 Å². The molecule has 0 heterocycles. The lowest BCUT2D eigenvalue weighted by Gasteiger charge is -2.01. The fourth-order valence-corrected chi connectivity index (χ4v) is 1.15. The Labute approximate surface area is 82.2 Å². The number of hydrogen-bond donors (Lipinski definition) is 1. The van der Waals surface area contributed by atoms with Crippen LogP contribution in [0.1, 0.15) is 18.9 Å². The van der Waals surface area contributed by atoms with Gasteiger partial charge in [-0.25, -0.2) is 0 Å². The van der Waals surface area contributed by atoms with E-state index in [1.807, 2.05) is 6.07 Å². The van der Waals surface area contributed by atoms with Crippen molar-refractivity contribution in [2.24, 2.45) is 0 Å². The van der Waals surface area contributed by atoms with Crippen molar-refractivity contribution < 1.29 is 9.90 Å². The van der Waals surface area contributed by atoms with Crippen molar-refractivity contribution in [1.82, 2.24) is 0 Å². The Morgan fingerprint density at radius 1 is 1.54 bits per heavy atom. The molecule has 0 spiro atoms. The molecule has 0 fully saturated rings. The minimum Gasteiger partial charge on any atom is -0.506 e. The Morgan fingerprint density at radius 2 is 2.23 bits per heavy atom. The highest BCUT2D eigenvalue weighted by Gasteiger charge is 2.01. The van der Waals surface area contributed by atoms with E-state index < -0.39 is 0 Å². The zero-order chi connectivity index (χ0) is 9.84. The molecular weight excluding hydrogens is 188 g/mol. The van der Waals surface area contributed by atoms with E-state index in [2.05, 4.69) is 0 Å². The van der Waals surface area contributed by atoms with Gasteiger partial charge in [0.2, 0.25) is 0 Å². The summed E-state index contributed by atoms with van der Waals surface area (Å²) in [6.45, 7) is 1.55. The molecule has 0 aliphatic heterocycles. The van der Waals surface area contributed by atoms with Gasteiger partial charge in [0.25, 0.3) is 0 Å². The minimum atomic E-state index is 0.0720. The number of phenolic OH excluding ortho intramolecular Hbond substituents is 1. The maximum atomic E-state index is 10.7. The number of aryl methyl sites for hydroxylation is 1. The van der Waals surface area contributed by atoms with Crippen LogP contribution >= 0.6 is 11.6 Å². The molecule has 1 aromatic carbocycles. The molecule has 1 rings (SSSR count). The SMILES string of the molecule is CC(=O)CCc1ccc(Cl)c(O)c1. The molecule has 70 valence electrons. The number of benzene rings is 1. The second-order valence-corrected chi connectivity index (χ2v) is 3.39. The molecule has 1 N–H and O–H groups in total. The molecule has 3 heteroatoms. The fourth-order valence-electron chi connectivity index (χ4n) is 1.03. The largest absolute Gasteiger partial charge is 0.506 e. The molecule has 0 aliphatic carbocycles. The average molecular weight is 199 g/mol. The van der Waals surface area contributed by atoms with Gasteiger partial charge >= 0.3 is 0 Å². The number of aromatic hydroxyl groups is 1. The molecule has 0 amide bonds. The Morgan fingerprint density at radius 3 is 2.77 bits per heavy atom. The van der Waals surface area contributed by atoms with Crippen molar-refractivity contribution in [1.29, 1.82) is 0 Å². The molecule has 13 heavy (non-hydrogen) atoms. The highest BCUT2D eigenvalue weighted by molar-refractivity contribution is 6.31. The lowest BCUT2D eigenvalue weighted by Crippen LogP contribution is -1.93. The number of halogens is 1. The van der Waals surface area contributed by atoms with Crippen molar-refractivity contribution in [3.8, 4) is 5.75 Å². The minimum absolute atomic E-state index is 0.0720. The van der Waals surface area contributed by atoms with Crippen molar-refractivity contribution in [3.63, 3.8) is 0 Å². The lowest BCUT2D eigenvalue weighted by atomic mass is 10.1. The molecule has 0 aromatic heterocycles. The predicted molar refractivity (Wildman–Crippen MR) is 52.1 cm³/mol. The van der Waals surface area contributed by atoms with E-state index in [-0.39, 0.29) is 11.5 Å². The van der Waals surface area contributed by atoms with E-state index >= 15 is 0 Å². The molecule has 1 aromatic rings. The first-order valence-corrected chi connectivity index (χ1v) is 4.44. The van der Waals surface area contributed by atoms with E-state index in [1.54, 1.807) is 19.1 Å². The van der Waals surface area contributed by atoms with E-state index in [9.17, 15) is 9.90 Å². The first-order valence-electron chi connectivity index (χ1n) is 4.06. The van der Waals surface area contributed by atoms with Gasteiger partial charge in [-0.1, -0.05) is 17.7 Å². The maximum absolute atomic E-state index is 10.7. The molecule has 0 saturated heterocycles. The summed E-state index contributed by atoms with van der Waals surface area (Å²) >= 11 is 5.63. The van der Waals surface area contributed by atoms with Gasteiger partial charge in [0.15, 0.2) is 0 Å².